The van der Waals surface area contributed by atoms with E-state index < -0.39 is 22.0 Å². The summed E-state index contributed by atoms with van der Waals surface area (Å²) in [4.78, 5) is 11.9. The Kier molecular flexibility index (Phi) is 5.83. The second kappa shape index (κ2) is 7.96. The number of ether oxygens (including phenoxy) is 2. The Morgan fingerprint density at radius 1 is 1.26 bits per heavy atom. The third kappa shape index (κ3) is 4.00. The quantitative estimate of drug-likeness (QED) is 0.673. The summed E-state index contributed by atoms with van der Waals surface area (Å²) in [5.41, 5.74) is 0.337. The first kappa shape index (κ1) is 19.8. The van der Waals surface area contributed by atoms with Gasteiger partial charge in [0.1, 0.15) is 17.3 Å². The van der Waals surface area contributed by atoms with Crippen molar-refractivity contribution in [2.24, 2.45) is 0 Å². The number of hydrogen-bond acceptors (Lipinski definition) is 5. The highest BCUT2D eigenvalue weighted by Crippen LogP contribution is 2.40. The third-order valence-corrected chi connectivity index (χ3v) is 6.59. The molecule has 2 aromatic carbocycles. The van der Waals surface area contributed by atoms with Crippen LogP contribution < -0.4 is 9.04 Å². The van der Waals surface area contributed by atoms with E-state index in [0.717, 1.165) is 0 Å². The molecule has 0 amide bonds. The number of para-hydroxylation sites is 2. The van der Waals surface area contributed by atoms with E-state index in [-0.39, 0.29) is 29.6 Å². The molecule has 27 heavy (non-hydrogen) atoms. The number of nitrogens with zero attached hydrogens (tertiary/aromatic N) is 1. The number of carbonyl (C=O) groups is 1. The van der Waals surface area contributed by atoms with E-state index in [0.29, 0.717) is 16.5 Å². The summed E-state index contributed by atoms with van der Waals surface area (Å²) in [6.07, 6.45) is -0.146. The molecule has 6 nitrogen and oxygen atoms in total. The number of carbonyl (C=O) groups excluding carboxylic acids is 1. The lowest BCUT2D eigenvalue weighted by Crippen LogP contribution is -2.48. The Morgan fingerprint density at radius 2 is 2.00 bits per heavy atom. The number of anilines is 1. The van der Waals surface area contributed by atoms with Gasteiger partial charge in [0.25, 0.3) is 10.0 Å². The van der Waals surface area contributed by atoms with Gasteiger partial charge in [0.2, 0.25) is 0 Å². The molecule has 1 heterocycles. The first-order valence-electron chi connectivity index (χ1n) is 8.21. The number of benzene rings is 2. The monoisotopic (exact) mass is 429 g/mol. The van der Waals surface area contributed by atoms with E-state index in [1.165, 1.54) is 22.5 Å². The fourth-order valence-corrected chi connectivity index (χ4v) is 5.28. The van der Waals surface area contributed by atoms with E-state index in [2.05, 4.69) is 0 Å². The number of rotatable bonds is 5. The molecule has 0 radical (unpaired) electrons. The van der Waals surface area contributed by atoms with Crippen LogP contribution in [-0.4, -0.2) is 33.6 Å². The zero-order chi connectivity index (χ0) is 19.6. The average molecular weight is 430 g/mol. The van der Waals surface area contributed by atoms with Crippen molar-refractivity contribution < 1.29 is 22.7 Å². The number of sulfonamides is 1. The zero-order valence-electron chi connectivity index (χ0n) is 14.4. The van der Waals surface area contributed by atoms with Gasteiger partial charge in [-0.3, -0.25) is 9.10 Å². The standard InChI is InChI=1S/C18H17Cl2NO5S/c1-2-25-18(22)10-13-11-26-16-6-4-3-5-15(16)21(13)27(23,24)17-8-7-12(19)9-14(17)20/h3-9,13H,2,10-11H2,1H3. The first-order chi connectivity index (χ1) is 12.8. The van der Waals surface area contributed by atoms with Crippen LogP contribution in [0.5, 0.6) is 5.75 Å². The SMILES string of the molecule is CCOC(=O)CC1COc2ccccc2N1S(=O)(=O)c1ccc(Cl)cc1Cl. The molecule has 144 valence electrons. The smallest absolute Gasteiger partial charge is 0.308 e. The molecule has 0 aromatic heterocycles. The number of fused-ring (bicyclic) bond motifs is 1. The van der Waals surface area contributed by atoms with Crippen molar-refractivity contribution in [2.45, 2.75) is 24.3 Å². The van der Waals surface area contributed by atoms with Gasteiger partial charge in [0, 0.05) is 5.02 Å². The van der Waals surface area contributed by atoms with Crippen LogP contribution in [0.2, 0.25) is 10.0 Å². The van der Waals surface area contributed by atoms with Crippen LogP contribution in [0.1, 0.15) is 13.3 Å². The van der Waals surface area contributed by atoms with E-state index in [1.807, 2.05) is 0 Å². The summed E-state index contributed by atoms with van der Waals surface area (Å²) in [7, 11) is -4.08. The molecule has 0 N–H and O–H groups in total. The molecule has 1 atom stereocenters. The second-order valence-corrected chi connectivity index (χ2v) is 8.44. The minimum atomic E-state index is -4.08. The maximum absolute atomic E-state index is 13.4. The van der Waals surface area contributed by atoms with Crippen molar-refractivity contribution in [3.05, 3.63) is 52.5 Å². The van der Waals surface area contributed by atoms with Gasteiger partial charge in [0.15, 0.2) is 0 Å². The number of halogens is 2. The Labute approximate surface area is 167 Å². The van der Waals surface area contributed by atoms with Crippen LogP contribution in [0, 0.1) is 0 Å². The Balaban J connectivity index is 2.09. The van der Waals surface area contributed by atoms with Crippen molar-refractivity contribution in [3.8, 4) is 5.75 Å². The van der Waals surface area contributed by atoms with Gasteiger partial charge in [-0.05, 0) is 37.3 Å². The van der Waals surface area contributed by atoms with E-state index >= 15 is 0 Å². The van der Waals surface area contributed by atoms with E-state index in [9.17, 15) is 13.2 Å². The van der Waals surface area contributed by atoms with Crippen LogP contribution in [-0.2, 0) is 19.6 Å². The molecule has 3 rings (SSSR count). The molecule has 0 saturated carbocycles. The van der Waals surface area contributed by atoms with Crippen molar-refractivity contribution in [2.75, 3.05) is 17.5 Å². The Morgan fingerprint density at radius 3 is 2.70 bits per heavy atom. The van der Waals surface area contributed by atoms with Gasteiger partial charge < -0.3 is 9.47 Å². The van der Waals surface area contributed by atoms with Gasteiger partial charge in [-0.25, -0.2) is 8.42 Å². The molecule has 2 aromatic rings. The van der Waals surface area contributed by atoms with E-state index in [4.69, 9.17) is 32.7 Å². The summed E-state index contributed by atoms with van der Waals surface area (Å²) in [6, 6.07) is 10.1. The molecule has 1 unspecified atom stereocenters. The lowest BCUT2D eigenvalue weighted by atomic mass is 10.1. The summed E-state index contributed by atoms with van der Waals surface area (Å²) in [5.74, 6) is -0.0980. The highest BCUT2D eigenvalue weighted by molar-refractivity contribution is 7.93. The van der Waals surface area contributed by atoms with Gasteiger partial charge >= 0.3 is 5.97 Å². The van der Waals surface area contributed by atoms with Crippen molar-refractivity contribution >= 4 is 44.9 Å². The van der Waals surface area contributed by atoms with Crippen LogP contribution in [0.25, 0.3) is 0 Å². The van der Waals surface area contributed by atoms with Crippen LogP contribution in [0.4, 0.5) is 5.69 Å². The Bertz CT molecular complexity index is 964. The molecule has 0 bridgehead atoms. The highest BCUT2D eigenvalue weighted by Gasteiger charge is 2.39. The maximum atomic E-state index is 13.4. The molecule has 1 aliphatic heterocycles. The van der Waals surface area contributed by atoms with Crippen molar-refractivity contribution in [1.29, 1.82) is 0 Å². The summed E-state index contributed by atoms with van der Waals surface area (Å²) in [5, 5.41) is 0.325. The molecular formula is C18H17Cl2NO5S. The molecule has 0 aliphatic carbocycles. The van der Waals surface area contributed by atoms with Crippen LogP contribution in [0.15, 0.2) is 47.4 Å². The van der Waals surface area contributed by atoms with Crippen molar-refractivity contribution in [1.82, 2.24) is 0 Å². The average Bonchev–Trinajstić information content (AvgIpc) is 2.61. The van der Waals surface area contributed by atoms with Gasteiger partial charge in [0.05, 0.1) is 29.8 Å². The van der Waals surface area contributed by atoms with E-state index in [1.54, 1.807) is 31.2 Å². The fourth-order valence-electron chi connectivity index (χ4n) is 2.88. The minimum Gasteiger partial charge on any atom is -0.489 e. The highest BCUT2D eigenvalue weighted by atomic mass is 35.5. The number of hydrogen-bond donors (Lipinski definition) is 0. The van der Waals surface area contributed by atoms with Gasteiger partial charge in [-0.15, -0.1) is 0 Å². The molecule has 0 spiro atoms. The normalized spacial score (nSPS) is 16.4. The predicted molar refractivity (Wildman–Crippen MR) is 103 cm³/mol. The maximum Gasteiger partial charge on any atom is 0.308 e. The second-order valence-electron chi connectivity index (χ2n) is 5.82. The van der Waals surface area contributed by atoms with Gasteiger partial charge in [-0.1, -0.05) is 35.3 Å². The molecule has 1 aliphatic rings. The van der Waals surface area contributed by atoms with Crippen LogP contribution >= 0.6 is 23.2 Å². The molecule has 9 heteroatoms. The topological polar surface area (TPSA) is 72.9 Å². The van der Waals surface area contributed by atoms with Crippen molar-refractivity contribution in [3.63, 3.8) is 0 Å². The number of esters is 1. The molecule has 0 saturated heterocycles. The fraction of sp³-hybridized carbons (Fsp3) is 0.278. The summed E-state index contributed by atoms with van der Waals surface area (Å²) < 4.78 is 38.7. The lowest BCUT2D eigenvalue weighted by Gasteiger charge is -2.37. The minimum absolute atomic E-state index is 0.00126. The predicted octanol–water partition coefficient (Wildman–Crippen LogP) is 3.90. The molecule has 0 fully saturated rings. The summed E-state index contributed by atoms with van der Waals surface area (Å²) >= 11 is 12.0. The third-order valence-electron chi connectivity index (χ3n) is 4.00. The first-order valence-corrected chi connectivity index (χ1v) is 10.4. The van der Waals surface area contributed by atoms with Gasteiger partial charge in [-0.2, -0.15) is 0 Å². The largest absolute Gasteiger partial charge is 0.489 e. The Hall–Kier alpha value is -1.96. The zero-order valence-corrected chi connectivity index (χ0v) is 16.7. The molecular weight excluding hydrogens is 413 g/mol. The summed E-state index contributed by atoms with van der Waals surface area (Å²) in [6.45, 7) is 1.91. The lowest BCUT2D eigenvalue weighted by molar-refractivity contribution is -0.143. The van der Waals surface area contributed by atoms with Crippen LogP contribution in [0.3, 0.4) is 0 Å².